The van der Waals surface area contributed by atoms with E-state index < -0.39 is 11.9 Å². The van der Waals surface area contributed by atoms with Crippen molar-refractivity contribution >= 4 is 5.97 Å². The standard InChI is InChI=1S/C16H17NO2/c17-11-13-8-4-5-9-14(13)15(16(18)19)10-12-6-2-1-3-7-12/h1-9,15H,10-11,17H2,(H,18,19). The van der Waals surface area contributed by atoms with Crippen LogP contribution in [-0.4, -0.2) is 11.1 Å². The third-order valence-corrected chi connectivity index (χ3v) is 3.23. The summed E-state index contributed by atoms with van der Waals surface area (Å²) in [6, 6.07) is 17.1. The van der Waals surface area contributed by atoms with Gasteiger partial charge in [-0.1, -0.05) is 54.6 Å². The second-order valence-corrected chi connectivity index (χ2v) is 4.48. The van der Waals surface area contributed by atoms with Gasteiger partial charge in [0.15, 0.2) is 0 Å². The molecule has 1 atom stereocenters. The predicted octanol–water partition coefficient (Wildman–Crippen LogP) is 2.56. The largest absolute Gasteiger partial charge is 0.481 e. The predicted molar refractivity (Wildman–Crippen MR) is 74.9 cm³/mol. The van der Waals surface area contributed by atoms with Gasteiger partial charge in [-0.15, -0.1) is 0 Å². The van der Waals surface area contributed by atoms with Crippen molar-refractivity contribution in [3.05, 3.63) is 71.3 Å². The zero-order valence-electron chi connectivity index (χ0n) is 10.6. The molecule has 1 unspecified atom stereocenters. The molecule has 0 aliphatic carbocycles. The summed E-state index contributed by atoms with van der Waals surface area (Å²) >= 11 is 0. The Balaban J connectivity index is 2.33. The number of benzene rings is 2. The third kappa shape index (κ3) is 3.20. The summed E-state index contributed by atoms with van der Waals surface area (Å²) < 4.78 is 0. The highest BCUT2D eigenvalue weighted by Crippen LogP contribution is 2.24. The summed E-state index contributed by atoms with van der Waals surface area (Å²) in [5, 5.41) is 9.47. The van der Waals surface area contributed by atoms with Gasteiger partial charge in [0.05, 0.1) is 5.92 Å². The lowest BCUT2D eigenvalue weighted by Crippen LogP contribution is -2.17. The van der Waals surface area contributed by atoms with Crippen LogP contribution in [0, 0.1) is 0 Å². The van der Waals surface area contributed by atoms with Gasteiger partial charge in [0, 0.05) is 6.54 Å². The first-order valence-electron chi connectivity index (χ1n) is 6.27. The average Bonchev–Trinajstić information content (AvgIpc) is 2.45. The molecule has 3 N–H and O–H groups in total. The maximum atomic E-state index is 11.5. The molecule has 3 heteroatoms. The van der Waals surface area contributed by atoms with Gasteiger partial charge in [-0.05, 0) is 23.1 Å². The van der Waals surface area contributed by atoms with Crippen molar-refractivity contribution in [2.24, 2.45) is 5.73 Å². The van der Waals surface area contributed by atoms with Crippen molar-refractivity contribution in [1.29, 1.82) is 0 Å². The topological polar surface area (TPSA) is 63.3 Å². The zero-order chi connectivity index (χ0) is 13.7. The van der Waals surface area contributed by atoms with Crippen molar-refractivity contribution in [3.8, 4) is 0 Å². The second-order valence-electron chi connectivity index (χ2n) is 4.48. The number of carbonyl (C=O) groups is 1. The smallest absolute Gasteiger partial charge is 0.311 e. The lowest BCUT2D eigenvalue weighted by atomic mass is 9.89. The molecule has 0 aliphatic heterocycles. The fourth-order valence-corrected chi connectivity index (χ4v) is 2.24. The number of rotatable bonds is 5. The molecule has 0 bridgehead atoms. The molecular weight excluding hydrogens is 238 g/mol. The Hall–Kier alpha value is -2.13. The Morgan fingerprint density at radius 3 is 2.32 bits per heavy atom. The van der Waals surface area contributed by atoms with E-state index in [0.717, 1.165) is 16.7 Å². The molecule has 3 nitrogen and oxygen atoms in total. The van der Waals surface area contributed by atoms with Crippen molar-refractivity contribution in [1.82, 2.24) is 0 Å². The number of aliphatic carboxylic acids is 1. The molecule has 2 aromatic rings. The number of carboxylic acid groups (broad SMARTS) is 1. The number of hydrogen-bond donors (Lipinski definition) is 2. The summed E-state index contributed by atoms with van der Waals surface area (Å²) in [4.78, 5) is 11.5. The first-order valence-corrected chi connectivity index (χ1v) is 6.27. The van der Waals surface area contributed by atoms with Crippen LogP contribution in [0.4, 0.5) is 0 Å². The van der Waals surface area contributed by atoms with Crippen LogP contribution in [0.15, 0.2) is 54.6 Å². The summed E-state index contributed by atoms with van der Waals surface area (Å²) in [6.45, 7) is 0.356. The molecule has 98 valence electrons. The molecule has 0 aromatic heterocycles. The molecule has 0 heterocycles. The summed E-state index contributed by atoms with van der Waals surface area (Å²) in [6.07, 6.45) is 0.479. The summed E-state index contributed by atoms with van der Waals surface area (Å²) in [5.41, 5.74) is 8.41. The van der Waals surface area contributed by atoms with E-state index in [0.29, 0.717) is 13.0 Å². The molecule has 0 amide bonds. The van der Waals surface area contributed by atoms with Gasteiger partial charge in [0.25, 0.3) is 0 Å². The van der Waals surface area contributed by atoms with Gasteiger partial charge < -0.3 is 10.8 Å². The Bertz CT molecular complexity index is 552. The van der Waals surface area contributed by atoms with E-state index in [9.17, 15) is 9.90 Å². The van der Waals surface area contributed by atoms with E-state index in [1.807, 2.05) is 54.6 Å². The van der Waals surface area contributed by atoms with E-state index in [4.69, 9.17) is 5.73 Å². The van der Waals surface area contributed by atoms with Gasteiger partial charge in [0.1, 0.15) is 0 Å². The summed E-state index contributed by atoms with van der Waals surface area (Å²) in [5.74, 6) is -1.37. The SMILES string of the molecule is NCc1ccccc1C(Cc1ccccc1)C(=O)O. The van der Waals surface area contributed by atoms with Crippen LogP contribution in [0.2, 0.25) is 0 Å². The van der Waals surface area contributed by atoms with Gasteiger partial charge in [-0.3, -0.25) is 4.79 Å². The van der Waals surface area contributed by atoms with Gasteiger partial charge in [-0.25, -0.2) is 0 Å². The molecule has 0 radical (unpaired) electrons. The number of carboxylic acids is 1. The molecule has 0 spiro atoms. The monoisotopic (exact) mass is 255 g/mol. The van der Waals surface area contributed by atoms with Crippen LogP contribution >= 0.6 is 0 Å². The van der Waals surface area contributed by atoms with Crippen LogP contribution in [0.1, 0.15) is 22.6 Å². The van der Waals surface area contributed by atoms with Crippen LogP contribution in [0.5, 0.6) is 0 Å². The zero-order valence-corrected chi connectivity index (χ0v) is 10.6. The van der Waals surface area contributed by atoms with E-state index in [-0.39, 0.29) is 0 Å². The average molecular weight is 255 g/mol. The van der Waals surface area contributed by atoms with Crippen molar-refractivity contribution in [2.75, 3.05) is 0 Å². The minimum Gasteiger partial charge on any atom is -0.481 e. The molecular formula is C16H17NO2. The first-order chi connectivity index (χ1) is 9.22. The molecule has 2 rings (SSSR count). The highest BCUT2D eigenvalue weighted by Gasteiger charge is 2.22. The van der Waals surface area contributed by atoms with Crippen molar-refractivity contribution in [2.45, 2.75) is 18.9 Å². The van der Waals surface area contributed by atoms with Crippen LogP contribution < -0.4 is 5.73 Å². The van der Waals surface area contributed by atoms with Crippen LogP contribution in [-0.2, 0) is 17.8 Å². The fraction of sp³-hybridized carbons (Fsp3) is 0.188. The van der Waals surface area contributed by atoms with E-state index in [2.05, 4.69) is 0 Å². The summed E-state index contributed by atoms with van der Waals surface area (Å²) in [7, 11) is 0. The normalized spacial score (nSPS) is 12.1. The minimum absolute atomic E-state index is 0.356. The van der Waals surface area contributed by atoms with Gasteiger partial charge in [-0.2, -0.15) is 0 Å². The minimum atomic E-state index is -0.815. The van der Waals surface area contributed by atoms with Gasteiger partial charge in [0.2, 0.25) is 0 Å². The lowest BCUT2D eigenvalue weighted by molar-refractivity contribution is -0.138. The molecule has 0 saturated heterocycles. The number of nitrogens with two attached hydrogens (primary N) is 1. The molecule has 0 fully saturated rings. The van der Waals surface area contributed by atoms with Crippen molar-refractivity contribution in [3.63, 3.8) is 0 Å². The Morgan fingerprint density at radius 1 is 1.05 bits per heavy atom. The first kappa shape index (κ1) is 13.3. The molecule has 0 saturated carbocycles. The van der Waals surface area contributed by atoms with E-state index in [1.54, 1.807) is 0 Å². The van der Waals surface area contributed by atoms with Crippen LogP contribution in [0.3, 0.4) is 0 Å². The number of hydrogen-bond acceptors (Lipinski definition) is 2. The Morgan fingerprint density at radius 2 is 1.68 bits per heavy atom. The maximum absolute atomic E-state index is 11.5. The quantitative estimate of drug-likeness (QED) is 0.863. The third-order valence-electron chi connectivity index (χ3n) is 3.23. The molecule has 0 aliphatic rings. The Kier molecular flexibility index (Phi) is 4.31. The molecule has 2 aromatic carbocycles. The van der Waals surface area contributed by atoms with E-state index in [1.165, 1.54) is 0 Å². The lowest BCUT2D eigenvalue weighted by Gasteiger charge is -2.16. The van der Waals surface area contributed by atoms with E-state index >= 15 is 0 Å². The Labute approximate surface area is 112 Å². The highest BCUT2D eigenvalue weighted by atomic mass is 16.4. The highest BCUT2D eigenvalue weighted by molar-refractivity contribution is 5.77. The second kappa shape index (κ2) is 6.16. The maximum Gasteiger partial charge on any atom is 0.311 e. The van der Waals surface area contributed by atoms with Crippen LogP contribution in [0.25, 0.3) is 0 Å². The van der Waals surface area contributed by atoms with Gasteiger partial charge >= 0.3 is 5.97 Å². The van der Waals surface area contributed by atoms with Crippen molar-refractivity contribution < 1.29 is 9.90 Å². The fourth-order valence-electron chi connectivity index (χ4n) is 2.24. The molecule has 19 heavy (non-hydrogen) atoms.